The van der Waals surface area contributed by atoms with E-state index in [4.69, 9.17) is 10.5 Å². The van der Waals surface area contributed by atoms with Crippen LogP contribution in [0.15, 0.2) is 24.3 Å². The molecule has 0 aromatic heterocycles. The van der Waals surface area contributed by atoms with Crippen LogP contribution in [0.3, 0.4) is 0 Å². The molecule has 1 fully saturated rings. The lowest BCUT2D eigenvalue weighted by Gasteiger charge is -2.27. The Kier molecular flexibility index (Phi) is 4.43. The number of benzene rings is 1. The molecule has 1 aliphatic carbocycles. The summed E-state index contributed by atoms with van der Waals surface area (Å²) in [5, 5.41) is 0. The fraction of sp³-hybridized carbons (Fsp3) is 0.600. The Hall–Kier alpha value is -1.02. The van der Waals surface area contributed by atoms with Crippen LogP contribution in [0.4, 0.5) is 0 Å². The van der Waals surface area contributed by atoms with Gasteiger partial charge in [0.05, 0.1) is 6.61 Å². The highest BCUT2D eigenvalue weighted by atomic mass is 16.5. The maximum Gasteiger partial charge on any atom is 0.119 e. The Bertz CT molecular complexity index is 327. The van der Waals surface area contributed by atoms with Crippen molar-refractivity contribution in [2.24, 2.45) is 11.7 Å². The zero-order valence-corrected chi connectivity index (χ0v) is 10.7. The minimum atomic E-state index is 0.200. The third kappa shape index (κ3) is 3.22. The monoisotopic (exact) mass is 233 g/mol. The van der Waals surface area contributed by atoms with Crippen LogP contribution in [0, 0.1) is 5.92 Å². The highest BCUT2D eigenvalue weighted by molar-refractivity contribution is 5.29. The van der Waals surface area contributed by atoms with E-state index < -0.39 is 0 Å². The molecule has 94 valence electrons. The highest BCUT2D eigenvalue weighted by Crippen LogP contribution is 2.33. The molecule has 1 aromatic carbocycles. The topological polar surface area (TPSA) is 35.2 Å². The van der Waals surface area contributed by atoms with Crippen LogP contribution in [0.1, 0.15) is 50.6 Å². The Labute approximate surface area is 104 Å². The van der Waals surface area contributed by atoms with Gasteiger partial charge in [0.25, 0.3) is 0 Å². The van der Waals surface area contributed by atoms with E-state index in [2.05, 4.69) is 12.1 Å². The van der Waals surface area contributed by atoms with Crippen molar-refractivity contribution in [2.75, 3.05) is 6.61 Å². The lowest BCUT2D eigenvalue weighted by molar-refractivity contribution is 0.307. The van der Waals surface area contributed by atoms with Crippen molar-refractivity contribution < 1.29 is 4.74 Å². The molecule has 2 rings (SSSR count). The van der Waals surface area contributed by atoms with E-state index in [0.717, 1.165) is 5.75 Å². The first kappa shape index (κ1) is 12.4. The average Bonchev–Trinajstić information content (AvgIpc) is 2.40. The second-order valence-electron chi connectivity index (χ2n) is 4.93. The van der Waals surface area contributed by atoms with Crippen molar-refractivity contribution in [3.8, 4) is 5.75 Å². The van der Waals surface area contributed by atoms with E-state index >= 15 is 0 Å². The van der Waals surface area contributed by atoms with Crippen molar-refractivity contribution in [3.63, 3.8) is 0 Å². The zero-order valence-electron chi connectivity index (χ0n) is 10.7. The first-order valence-corrected chi connectivity index (χ1v) is 6.79. The van der Waals surface area contributed by atoms with Crippen molar-refractivity contribution in [2.45, 2.75) is 45.1 Å². The maximum atomic E-state index is 6.35. The molecule has 1 unspecified atom stereocenters. The normalized spacial score (nSPS) is 18.9. The Balaban J connectivity index is 2.00. The number of ether oxygens (including phenoxy) is 1. The standard InChI is InChI=1S/C15H23NO/c1-2-17-14-10-8-13(9-11-14)15(16)12-6-4-3-5-7-12/h8-12,15H,2-7,16H2,1H3. The highest BCUT2D eigenvalue weighted by Gasteiger charge is 2.21. The first-order valence-electron chi connectivity index (χ1n) is 6.79. The molecule has 0 heterocycles. The smallest absolute Gasteiger partial charge is 0.119 e. The molecule has 2 heteroatoms. The molecule has 0 saturated heterocycles. The van der Waals surface area contributed by atoms with Crippen LogP contribution >= 0.6 is 0 Å². The molecule has 0 radical (unpaired) electrons. The van der Waals surface area contributed by atoms with Gasteiger partial charge in [0.2, 0.25) is 0 Å². The third-order valence-electron chi connectivity index (χ3n) is 3.73. The number of rotatable bonds is 4. The summed E-state index contributed by atoms with van der Waals surface area (Å²) in [6.07, 6.45) is 6.64. The van der Waals surface area contributed by atoms with Gasteiger partial charge in [-0.25, -0.2) is 0 Å². The van der Waals surface area contributed by atoms with E-state index in [1.54, 1.807) is 0 Å². The minimum absolute atomic E-state index is 0.200. The van der Waals surface area contributed by atoms with Crippen LogP contribution in [0.5, 0.6) is 5.75 Å². The molecule has 1 aromatic rings. The lowest BCUT2D eigenvalue weighted by atomic mass is 9.81. The van der Waals surface area contributed by atoms with E-state index in [1.807, 2.05) is 19.1 Å². The molecule has 0 amide bonds. The molecule has 0 spiro atoms. The predicted molar refractivity (Wildman–Crippen MR) is 71.1 cm³/mol. The molecular formula is C15H23NO. The van der Waals surface area contributed by atoms with E-state index in [9.17, 15) is 0 Å². The van der Waals surface area contributed by atoms with Gasteiger partial charge in [-0.1, -0.05) is 31.4 Å². The van der Waals surface area contributed by atoms with Gasteiger partial charge in [0.15, 0.2) is 0 Å². The maximum absolute atomic E-state index is 6.35. The molecule has 1 atom stereocenters. The second-order valence-corrected chi connectivity index (χ2v) is 4.93. The lowest BCUT2D eigenvalue weighted by Crippen LogP contribution is -2.23. The molecule has 2 nitrogen and oxygen atoms in total. The SMILES string of the molecule is CCOc1ccc(C(N)C2CCCCC2)cc1. The molecule has 0 bridgehead atoms. The van der Waals surface area contributed by atoms with Gasteiger partial charge in [-0.2, -0.15) is 0 Å². The molecule has 1 aliphatic rings. The van der Waals surface area contributed by atoms with Gasteiger partial charge in [-0.05, 0) is 43.4 Å². The summed E-state index contributed by atoms with van der Waals surface area (Å²) in [5.74, 6) is 1.61. The largest absolute Gasteiger partial charge is 0.494 e. The van der Waals surface area contributed by atoms with Gasteiger partial charge in [0, 0.05) is 6.04 Å². The second kappa shape index (κ2) is 6.06. The minimum Gasteiger partial charge on any atom is -0.494 e. The van der Waals surface area contributed by atoms with Crippen LogP contribution in [-0.2, 0) is 0 Å². The number of hydrogen-bond acceptors (Lipinski definition) is 2. The fourth-order valence-electron chi connectivity index (χ4n) is 2.72. The Morgan fingerprint density at radius 2 is 1.82 bits per heavy atom. The summed E-state index contributed by atoms with van der Waals surface area (Å²) >= 11 is 0. The third-order valence-corrected chi connectivity index (χ3v) is 3.73. The van der Waals surface area contributed by atoms with Crippen molar-refractivity contribution in [1.82, 2.24) is 0 Å². The van der Waals surface area contributed by atoms with Gasteiger partial charge in [-0.15, -0.1) is 0 Å². The first-order chi connectivity index (χ1) is 8.31. The summed E-state index contributed by atoms with van der Waals surface area (Å²) < 4.78 is 5.45. The zero-order chi connectivity index (χ0) is 12.1. The van der Waals surface area contributed by atoms with Gasteiger partial charge >= 0.3 is 0 Å². The van der Waals surface area contributed by atoms with Crippen LogP contribution in [0.25, 0.3) is 0 Å². The molecule has 0 aliphatic heterocycles. The van der Waals surface area contributed by atoms with E-state index in [1.165, 1.54) is 37.7 Å². The van der Waals surface area contributed by atoms with Crippen LogP contribution in [-0.4, -0.2) is 6.61 Å². The van der Waals surface area contributed by atoms with Crippen molar-refractivity contribution >= 4 is 0 Å². The summed E-state index contributed by atoms with van der Waals surface area (Å²) in [4.78, 5) is 0. The van der Waals surface area contributed by atoms with Gasteiger partial charge in [-0.3, -0.25) is 0 Å². The van der Waals surface area contributed by atoms with Crippen molar-refractivity contribution in [3.05, 3.63) is 29.8 Å². The molecule has 2 N–H and O–H groups in total. The van der Waals surface area contributed by atoms with E-state index in [-0.39, 0.29) is 6.04 Å². The van der Waals surface area contributed by atoms with Crippen molar-refractivity contribution in [1.29, 1.82) is 0 Å². The Morgan fingerprint density at radius 1 is 1.18 bits per heavy atom. The Morgan fingerprint density at radius 3 is 2.41 bits per heavy atom. The van der Waals surface area contributed by atoms with Gasteiger partial charge in [0.1, 0.15) is 5.75 Å². The summed E-state index contributed by atoms with van der Waals surface area (Å²) in [6, 6.07) is 8.49. The molecular weight excluding hydrogens is 210 g/mol. The van der Waals surface area contributed by atoms with E-state index in [0.29, 0.717) is 12.5 Å². The summed E-state index contributed by atoms with van der Waals surface area (Å²) in [5.41, 5.74) is 7.60. The number of nitrogens with two attached hydrogens (primary N) is 1. The predicted octanol–water partition coefficient (Wildman–Crippen LogP) is 3.67. The summed E-state index contributed by atoms with van der Waals surface area (Å²) in [6.45, 7) is 2.72. The van der Waals surface area contributed by atoms with Gasteiger partial charge < -0.3 is 10.5 Å². The summed E-state index contributed by atoms with van der Waals surface area (Å²) in [7, 11) is 0. The molecule has 1 saturated carbocycles. The van der Waals surface area contributed by atoms with Crippen LogP contribution in [0.2, 0.25) is 0 Å². The number of hydrogen-bond donors (Lipinski definition) is 1. The quantitative estimate of drug-likeness (QED) is 0.861. The fourth-order valence-corrected chi connectivity index (χ4v) is 2.72. The average molecular weight is 233 g/mol. The molecule has 17 heavy (non-hydrogen) atoms. The van der Waals surface area contributed by atoms with Crippen LogP contribution < -0.4 is 10.5 Å².